The van der Waals surface area contributed by atoms with Crippen molar-refractivity contribution in [1.82, 2.24) is 14.9 Å². The standard InChI is InChI=1S/C15H13N3O2S/c1-20-12-5-2-10(3-6-12)9-16-15(19)11-4-7-13-14(8-11)21-18-17-13/h2-8H,9H2,1H3,(H,16,19). The van der Waals surface area contributed by atoms with Crippen LogP contribution in [-0.4, -0.2) is 22.6 Å². The molecule has 0 saturated carbocycles. The maximum absolute atomic E-state index is 12.1. The van der Waals surface area contributed by atoms with E-state index in [1.54, 1.807) is 19.2 Å². The Morgan fingerprint density at radius 2 is 2.05 bits per heavy atom. The van der Waals surface area contributed by atoms with E-state index in [0.717, 1.165) is 21.5 Å². The average molecular weight is 299 g/mol. The van der Waals surface area contributed by atoms with Gasteiger partial charge in [0.2, 0.25) is 0 Å². The van der Waals surface area contributed by atoms with Gasteiger partial charge < -0.3 is 10.1 Å². The summed E-state index contributed by atoms with van der Waals surface area (Å²) < 4.78 is 9.87. The van der Waals surface area contributed by atoms with Crippen molar-refractivity contribution < 1.29 is 9.53 Å². The van der Waals surface area contributed by atoms with E-state index in [1.807, 2.05) is 30.3 Å². The van der Waals surface area contributed by atoms with Gasteiger partial charge in [-0.2, -0.15) is 0 Å². The van der Waals surface area contributed by atoms with Crippen molar-refractivity contribution in [2.75, 3.05) is 7.11 Å². The molecule has 2 aromatic carbocycles. The smallest absolute Gasteiger partial charge is 0.251 e. The first-order valence-electron chi connectivity index (χ1n) is 6.39. The predicted molar refractivity (Wildman–Crippen MR) is 81.6 cm³/mol. The monoisotopic (exact) mass is 299 g/mol. The third-order valence-corrected chi connectivity index (χ3v) is 3.81. The molecule has 1 N–H and O–H groups in total. The van der Waals surface area contributed by atoms with Crippen LogP contribution in [0.15, 0.2) is 42.5 Å². The maximum atomic E-state index is 12.1. The fourth-order valence-electron chi connectivity index (χ4n) is 1.95. The molecule has 3 aromatic rings. The number of nitrogens with zero attached hydrogens (tertiary/aromatic N) is 2. The highest BCUT2D eigenvalue weighted by molar-refractivity contribution is 7.12. The van der Waals surface area contributed by atoms with Crippen LogP contribution in [0.2, 0.25) is 0 Å². The number of ether oxygens (including phenoxy) is 1. The fourth-order valence-corrected chi connectivity index (χ4v) is 2.55. The number of nitrogens with one attached hydrogen (secondary N) is 1. The molecule has 106 valence electrons. The topological polar surface area (TPSA) is 64.1 Å². The van der Waals surface area contributed by atoms with Gasteiger partial charge in [-0.15, -0.1) is 5.10 Å². The molecule has 3 rings (SSSR count). The molecule has 5 nitrogen and oxygen atoms in total. The van der Waals surface area contributed by atoms with E-state index in [4.69, 9.17) is 4.74 Å². The molecule has 0 aliphatic carbocycles. The van der Waals surface area contributed by atoms with Crippen molar-refractivity contribution in [1.29, 1.82) is 0 Å². The molecule has 1 amide bonds. The molecular weight excluding hydrogens is 286 g/mol. The molecule has 0 saturated heterocycles. The van der Waals surface area contributed by atoms with Crippen LogP contribution >= 0.6 is 11.5 Å². The van der Waals surface area contributed by atoms with E-state index in [-0.39, 0.29) is 5.91 Å². The first kappa shape index (κ1) is 13.5. The Morgan fingerprint density at radius 3 is 2.81 bits per heavy atom. The first-order valence-corrected chi connectivity index (χ1v) is 7.17. The van der Waals surface area contributed by atoms with Gasteiger partial charge in [-0.3, -0.25) is 4.79 Å². The van der Waals surface area contributed by atoms with E-state index in [2.05, 4.69) is 14.9 Å². The van der Waals surface area contributed by atoms with E-state index < -0.39 is 0 Å². The zero-order chi connectivity index (χ0) is 14.7. The summed E-state index contributed by atoms with van der Waals surface area (Å²) in [5, 5.41) is 6.85. The van der Waals surface area contributed by atoms with E-state index in [9.17, 15) is 4.79 Å². The van der Waals surface area contributed by atoms with Crippen molar-refractivity contribution >= 4 is 27.7 Å². The Labute approximate surface area is 125 Å². The van der Waals surface area contributed by atoms with Crippen LogP contribution in [-0.2, 0) is 6.54 Å². The zero-order valence-electron chi connectivity index (χ0n) is 11.4. The summed E-state index contributed by atoms with van der Waals surface area (Å²) in [4.78, 5) is 12.1. The molecule has 0 unspecified atom stereocenters. The van der Waals surface area contributed by atoms with Gasteiger partial charge in [-0.1, -0.05) is 16.6 Å². The highest BCUT2D eigenvalue weighted by Crippen LogP contribution is 2.17. The van der Waals surface area contributed by atoms with Gasteiger partial charge in [-0.05, 0) is 47.4 Å². The van der Waals surface area contributed by atoms with E-state index in [0.29, 0.717) is 12.1 Å². The summed E-state index contributed by atoms with van der Waals surface area (Å²) in [6.07, 6.45) is 0. The maximum Gasteiger partial charge on any atom is 0.251 e. The van der Waals surface area contributed by atoms with Gasteiger partial charge in [0.15, 0.2) is 0 Å². The van der Waals surface area contributed by atoms with Crippen LogP contribution in [0, 0.1) is 0 Å². The summed E-state index contributed by atoms with van der Waals surface area (Å²) >= 11 is 1.28. The summed E-state index contributed by atoms with van der Waals surface area (Å²) in [6, 6.07) is 13.0. The lowest BCUT2D eigenvalue weighted by Gasteiger charge is -2.06. The summed E-state index contributed by atoms with van der Waals surface area (Å²) in [5.74, 6) is 0.689. The molecule has 1 heterocycles. The highest BCUT2D eigenvalue weighted by Gasteiger charge is 2.08. The molecule has 0 bridgehead atoms. The molecule has 0 spiro atoms. The third-order valence-electron chi connectivity index (χ3n) is 3.12. The lowest BCUT2D eigenvalue weighted by atomic mass is 10.2. The molecule has 0 aliphatic heterocycles. The molecule has 0 radical (unpaired) electrons. The number of benzene rings is 2. The number of hydrogen-bond acceptors (Lipinski definition) is 5. The number of carbonyl (C=O) groups excluding carboxylic acids is 1. The van der Waals surface area contributed by atoms with Crippen molar-refractivity contribution in [2.45, 2.75) is 6.54 Å². The van der Waals surface area contributed by atoms with Crippen LogP contribution in [0.1, 0.15) is 15.9 Å². The number of methoxy groups -OCH3 is 1. The van der Waals surface area contributed by atoms with Crippen LogP contribution in [0.25, 0.3) is 10.2 Å². The van der Waals surface area contributed by atoms with Crippen molar-refractivity contribution in [3.63, 3.8) is 0 Å². The summed E-state index contributed by atoms with van der Waals surface area (Å²) in [5.41, 5.74) is 2.44. The molecule has 0 atom stereocenters. The minimum Gasteiger partial charge on any atom is -0.497 e. The molecular formula is C15H13N3O2S. The number of aromatic nitrogens is 2. The SMILES string of the molecule is COc1ccc(CNC(=O)c2ccc3nnsc3c2)cc1. The Balaban J connectivity index is 1.67. The minimum atomic E-state index is -0.110. The molecule has 21 heavy (non-hydrogen) atoms. The molecule has 0 fully saturated rings. The number of carbonyl (C=O) groups is 1. The van der Waals surface area contributed by atoms with E-state index >= 15 is 0 Å². The number of amides is 1. The van der Waals surface area contributed by atoms with Crippen LogP contribution in [0.3, 0.4) is 0 Å². The molecule has 6 heteroatoms. The highest BCUT2D eigenvalue weighted by atomic mass is 32.1. The molecule has 0 aliphatic rings. The quantitative estimate of drug-likeness (QED) is 0.804. The van der Waals surface area contributed by atoms with E-state index in [1.165, 1.54) is 11.5 Å². The number of fused-ring (bicyclic) bond motifs is 1. The Bertz CT molecular complexity index is 768. The third kappa shape index (κ3) is 3.00. The second-order valence-corrected chi connectivity index (χ2v) is 5.27. The van der Waals surface area contributed by atoms with Gasteiger partial charge in [0, 0.05) is 12.1 Å². The average Bonchev–Trinajstić information content (AvgIpc) is 3.00. The normalized spacial score (nSPS) is 10.5. The lowest BCUT2D eigenvalue weighted by molar-refractivity contribution is 0.0951. The van der Waals surface area contributed by atoms with Crippen molar-refractivity contribution in [3.05, 3.63) is 53.6 Å². The Hall–Kier alpha value is -2.47. The van der Waals surface area contributed by atoms with Gasteiger partial charge in [0.05, 0.1) is 11.8 Å². The van der Waals surface area contributed by atoms with Crippen molar-refractivity contribution in [2.24, 2.45) is 0 Å². The van der Waals surface area contributed by atoms with Crippen molar-refractivity contribution in [3.8, 4) is 5.75 Å². The fraction of sp³-hybridized carbons (Fsp3) is 0.133. The lowest BCUT2D eigenvalue weighted by Crippen LogP contribution is -2.22. The second-order valence-electron chi connectivity index (χ2n) is 4.49. The van der Waals surface area contributed by atoms with Gasteiger partial charge in [0.25, 0.3) is 5.91 Å². The van der Waals surface area contributed by atoms with Gasteiger partial charge in [-0.25, -0.2) is 0 Å². The van der Waals surface area contributed by atoms with Crippen LogP contribution < -0.4 is 10.1 Å². The van der Waals surface area contributed by atoms with Crippen LogP contribution in [0.4, 0.5) is 0 Å². The first-order chi connectivity index (χ1) is 10.3. The zero-order valence-corrected chi connectivity index (χ0v) is 12.2. The molecule has 1 aromatic heterocycles. The van der Waals surface area contributed by atoms with Crippen LogP contribution in [0.5, 0.6) is 5.75 Å². The van der Waals surface area contributed by atoms with Gasteiger partial charge in [0.1, 0.15) is 11.3 Å². The predicted octanol–water partition coefficient (Wildman–Crippen LogP) is 2.63. The largest absolute Gasteiger partial charge is 0.497 e. The summed E-state index contributed by atoms with van der Waals surface area (Å²) in [7, 11) is 1.63. The number of rotatable bonds is 4. The van der Waals surface area contributed by atoms with Gasteiger partial charge >= 0.3 is 0 Å². The number of hydrogen-bond donors (Lipinski definition) is 1. The summed E-state index contributed by atoms with van der Waals surface area (Å²) in [6.45, 7) is 0.474. The Morgan fingerprint density at radius 1 is 1.24 bits per heavy atom. The minimum absolute atomic E-state index is 0.110. The second kappa shape index (κ2) is 5.88. The Kier molecular flexibility index (Phi) is 3.79.